The summed E-state index contributed by atoms with van der Waals surface area (Å²) in [7, 11) is 0. The summed E-state index contributed by atoms with van der Waals surface area (Å²) in [5.74, 6) is 2.85. The SMILES string of the molecule is Nc1nnnn1CCN1CCSCC1. The molecule has 0 saturated carbocycles. The van der Waals surface area contributed by atoms with Gasteiger partial charge in [0.25, 0.3) is 0 Å². The zero-order chi connectivity index (χ0) is 9.80. The minimum atomic E-state index is 0.399. The van der Waals surface area contributed by atoms with Gasteiger partial charge in [0.05, 0.1) is 6.54 Å². The van der Waals surface area contributed by atoms with Gasteiger partial charge in [-0.1, -0.05) is 5.10 Å². The Hall–Kier alpha value is -0.820. The average Bonchev–Trinajstić information content (AvgIpc) is 2.63. The highest BCUT2D eigenvalue weighted by molar-refractivity contribution is 7.99. The van der Waals surface area contributed by atoms with Crippen LogP contribution in [0.25, 0.3) is 0 Å². The third kappa shape index (κ3) is 2.36. The molecule has 1 aromatic heterocycles. The average molecular weight is 214 g/mol. The molecule has 0 spiro atoms. The van der Waals surface area contributed by atoms with E-state index in [0.29, 0.717) is 5.95 Å². The Morgan fingerprint density at radius 2 is 2.07 bits per heavy atom. The highest BCUT2D eigenvalue weighted by Gasteiger charge is 2.10. The lowest BCUT2D eigenvalue weighted by atomic mass is 10.4. The van der Waals surface area contributed by atoms with E-state index in [1.165, 1.54) is 11.5 Å². The number of hydrogen-bond donors (Lipinski definition) is 1. The van der Waals surface area contributed by atoms with Gasteiger partial charge in [0, 0.05) is 31.1 Å². The lowest BCUT2D eigenvalue weighted by molar-refractivity contribution is 0.284. The van der Waals surface area contributed by atoms with E-state index in [-0.39, 0.29) is 0 Å². The van der Waals surface area contributed by atoms with Crippen LogP contribution >= 0.6 is 11.8 Å². The number of nitrogen functional groups attached to an aromatic ring is 1. The Morgan fingerprint density at radius 1 is 1.29 bits per heavy atom. The van der Waals surface area contributed by atoms with Gasteiger partial charge >= 0.3 is 0 Å². The molecule has 2 N–H and O–H groups in total. The van der Waals surface area contributed by atoms with Gasteiger partial charge in [-0.25, -0.2) is 4.68 Å². The van der Waals surface area contributed by atoms with Crippen LogP contribution in [0.4, 0.5) is 5.95 Å². The molecule has 0 amide bonds. The summed E-state index contributed by atoms with van der Waals surface area (Å²) >= 11 is 2.01. The van der Waals surface area contributed by atoms with Crippen molar-refractivity contribution >= 4 is 17.7 Å². The summed E-state index contributed by atoms with van der Waals surface area (Å²) in [5.41, 5.74) is 5.56. The Balaban J connectivity index is 1.79. The normalized spacial score (nSPS) is 18.6. The zero-order valence-electron chi connectivity index (χ0n) is 7.96. The van der Waals surface area contributed by atoms with Gasteiger partial charge in [-0.15, -0.1) is 0 Å². The van der Waals surface area contributed by atoms with Gasteiger partial charge in [-0.05, 0) is 10.4 Å². The smallest absolute Gasteiger partial charge is 0.240 e. The number of hydrogen-bond acceptors (Lipinski definition) is 6. The van der Waals surface area contributed by atoms with Crippen molar-refractivity contribution in [2.45, 2.75) is 6.54 Å². The molecule has 0 bridgehead atoms. The predicted octanol–water partition coefficient (Wildman–Crippen LogP) is -0.696. The van der Waals surface area contributed by atoms with E-state index >= 15 is 0 Å². The van der Waals surface area contributed by atoms with Crippen LogP contribution in [0.3, 0.4) is 0 Å². The zero-order valence-corrected chi connectivity index (χ0v) is 8.78. The summed E-state index contributed by atoms with van der Waals surface area (Å²) in [4.78, 5) is 2.41. The first-order valence-electron chi connectivity index (χ1n) is 4.68. The van der Waals surface area contributed by atoms with Gasteiger partial charge in [-0.3, -0.25) is 4.90 Å². The third-order valence-corrected chi connectivity index (χ3v) is 3.23. The number of nitrogens with zero attached hydrogens (tertiary/aromatic N) is 5. The summed E-state index contributed by atoms with van der Waals surface area (Å²) in [6.07, 6.45) is 0. The van der Waals surface area contributed by atoms with Gasteiger partial charge in [0.15, 0.2) is 0 Å². The van der Waals surface area contributed by atoms with Crippen LogP contribution in [0.1, 0.15) is 0 Å². The Labute approximate surface area is 86.8 Å². The summed E-state index contributed by atoms with van der Waals surface area (Å²) < 4.78 is 1.64. The van der Waals surface area contributed by atoms with Crippen molar-refractivity contribution in [1.29, 1.82) is 0 Å². The fraction of sp³-hybridized carbons (Fsp3) is 0.857. The molecule has 0 unspecified atom stereocenters. The minimum absolute atomic E-state index is 0.399. The second-order valence-corrected chi connectivity index (χ2v) is 4.44. The molecule has 1 aliphatic heterocycles. The van der Waals surface area contributed by atoms with Crippen LogP contribution in [0.2, 0.25) is 0 Å². The molecule has 1 aliphatic rings. The molecule has 0 atom stereocenters. The fourth-order valence-corrected chi connectivity index (χ4v) is 2.41. The topological polar surface area (TPSA) is 72.9 Å². The maximum atomic E-state index is 5.56. The number of anilines is 1. The Kier molecular flexibility index (Phi) is 3.20. The van der Waals surface area contributed by atoms with E-state index < -0.39 is 0 Å². The maximum Gasteiger partial charge on any atom is 0.240 e. The molecular formula is C7H14N6S. The molecule has 2 rings (SSSR count). The van der Waals surface area contributed by atoms with E-state index in [4.69, 9.17) is 5.73 Å². The van der Waals surface area contributed by atoms with Gasteiger partial charge < -0.3 is 5.73 Å². The van der Waals surface area contributed by atoms with Crippen molar-refractivity contribution in [1.82, 2.24) is 25.1 Å². The molecule has 6 nitrogen and oxygen atoms in total. The molecule has 0 aromatic carbocycles. The van der Waals surface area contributed by atoms with Crippen LogP contribution in [0.5, 0.6) is 0 Å². The van der Waals surface area contributed by atoms with Crippen molar-refractivity contribution in [3.8, 4) is 0 Å². The van der Waals surface area contributed by atoms with Crippen LogP contribution in [0.15, 0.2) is 0 Å². The largest absolute Gasteiger partial charge is 0.367 e. The highest BCUT2D eigenvalue weighted by Crippen LogP contribution is 2.08. The molecule has 7 heteroatoms. The molecule has 0 aliphatic carbocycles. The van der Waals surface area contributed by atoms with E-state index in [1.807, 2.05) is 11.8 Å². The Bertz CT molecular complexity index is 281. The number of aromatic nitrogens is 4. The second-order valence-electron chi connectivity index (χ2n) is 3.21. The number of nitrogens with two attached hydrogens (primary N) is 1. The monoisotopic (exact) mass is 214 g/mol. The molecule has 14 heavy (non-hydrogen) atoms. The van der Waals surface area contributed by atoms with Crippen molar-refractivity contribution in [3.63, 3.8) is 0 Å². The minimum Gasteiger partial charge on any atom is -0.367 e. The van der Waals surface area contributed by atoms with Crippen molar-refractivity contribution < 1.29 is 0 Å². The standard InChI is InChI=1S/C7H14N6S/c8-7-9-10-11-13(7)2-1-12-3-5-14-6-4-12/h1-6H2,(H2,8,9,11). The molecular weight excluding hydrogens is 200 g/mol. The van der Waals surface area contributed by atoms with E-state index in [2.05, 4.69) is 20.4 Å². The first kappa shape index (κ1) is 9.72. The third-order valence-electron chi connectivity index (χ3n) is 2.29. The highest BCUT2D eigenvalue weighted by atomic mass is 32.2. The quantitative estimate of drug-likeness (QED) is 0.717. The van der Waals surface area contributed by atoms with Crippen molar-refractivity contribution in [3.05, 3.63) is 0 Å². The first-order valence-corrected chi connectivity index (χ1v) is 5.83. The van der Waals surface area contributed by atoms with E-state index in [1.54, 1.807) is 4.68 Å². The molecule has 78 valence electrons. The van der Waals surface area contributed by atoms with Gasteiger partial charge in [0.1, 0.15) is 0 Å². The lowest BCUT2D eigenvalue weighted by Crippen LogP contribution is -2.35. The summed E-state index contributed by atoms with van der Waals surface area (Å²) in [5, 5.41) is 10.9. The number of thioether (sulfide) groups is 1. The first-order chi connectivity index (χ1) is 6.86. The maximum absolute atomic E-state index is 5.56. The van der Waals surface area contributed by atoms with E-state index in [9.17, 15) is 0 Å². The van der Waals surface area contributed by atoms with Crippen molar-refractivity contribution in [2.24, 2.45) is 0 Å². The van der Waals surface area contributed by atoms with Crippen molar-refractivity contribution in [2.75, 3.05) is 36.9 Å². The fourth-order valence-electron chi connectivity index (χ4n) is 1.43. The van der Waals surface area contributed by atoms with E-state index in [0.717, 1.165) is 26.2 Å². The van der Waals surface area contributed by atoms with Crippen LogP contribution in [-0.4, -0.2) is 56.2 Å². The molecule has 1 saturated heterocycles. The summed E-state index contributed by atoms with van der Waals surface area (Å²) in [6, 6.07) is 0. The van der Waals surface area contributed by atoms with Crippen LogP contribution in [-0.2, 0) is 6.54 Å². The molecule has 2 heterocycles. The number of tetrazole rings is 1. The molecule has 1 fully saturated rings. The second kappa shape index (κ2) is 4.61. The lowest BCUT2D eigenvalue weighted by Gasteiger charge is -2.25. The van der Waals surface area contributed by atoms with Gasteiger partial charge in [-0.2, -0.15) is 11.8 Å². The van der Waals surface area contributed by atoms with Crippen LogP contribution in [0, 0.1) is 0 Å². The van der Waals surface area contributed by atoms with Gasteiger partial charge in [0.2, 0.25) is 5.95 Å². The van der Waals surface area contributed by atoms with Crippen LogP contribution < -0.4 is 5.73 Å². The Morgan fingerprint density at radius 3 is 2.71 bits per heavy atom. The number of rotatable bonds is 3. The molecule has 0 radical (unpaired) electrons. The predicted molar refractivity (Wildman–Crippen MR) is 56.0 cm³/mol. The molecule has 1 aromatic rings. The summed E-state index contributed by atoms with van der Waals surface area (Å²) in [6.45, 7) is 4.08.